The Morgan fingerprint density at radius 3 is 2.40 bits per heavy atom. The van der Waals surface area contributed by atoms with Crippen LogP contribution in [0.25, 0.3) is 22.1 Å². The summed E-state index contributed by atoms with van der Waals surface area (Å²) in [6.07, 6.45) is 0. The number of fused-ring (bicyclic) bond motifs is 2. The zero-order chi connectivity index (χ0) is 20.7. The lowest BCUT2D eigenvalue weighted by atomic mass is 9.96. The second kappa shape index (κ2) is 7.47. The Kier molecular flexibility index (Phi) is 4.64. The van der Waals surface area contributed by atoms with Crippen LogP contribution in [0.2, 0.25) is 0 Å². The number of nitrogens with zero attached hydrogens (tertiary/aromatic N) is 1. The molecule has 0 spiro atoms. The molecule has 0 saturated carbocycles. The maximum Gasteiger partial charge on any atom is 0.336 e. The van der Waals surface area contributed by atoms with Gasteiger partial charge in [0.25, 0.3) is 0 Å². The largest absolute Gasteiger partial charge is 0.477 e. The summed E-state index contributed by atoms with van der Waals surface area (Å²) in [5, 5.41) is 0.940. The van der Waals surface area contributed by atoms with Crippen molar-refractivity contribution in [3.05, 3.63) is 99.9 Å². The molecule has 1 aliphatic rings. The van der Waals surface area contributed by atoms with E-state index in [1.807, 2.05) is 43.3 Å². The van der Waals surface area contributed by atoms with E-state index in [0.717, 1.165) is 39.9 Å². The number of aryl methyl sites for hydroxylation is 1. The van der Waals surface area contributed by atoms with Gasteiger partial charge in [-0.1, -0.05) is 60.7 Å². The van der Waals surface area contributed by atoms with E-state index in [-0.39, 0.29) is 11.7 Å². The Bertz CT molecular complexity index is 1260. The zero-order valence-electron chi connectivity index (χ0n) is 17.1. The van der Waals surface area contributed by atoms with Gasteiger partial charge in [0.05, 0.1) is 0 Å². The highest BCUT2D eigenvalue weighted by Gasteiger charge is 2.26. The van der Waals surface area contributed by atoms with Crippen LogP contribution in [-0.2, 0) is 6.54 Å². The molecule has 0 fully saturated rings. The second-order valence-corrected chi connectivity index (χ2v) is 7.82. The van der Waals surface area contributed by atoms with Crippen molar-refractivity contribution in [3.8, 4) is 16.9 Å². The van der Waals surface area contributed by atoms with E-state index in [1.165, 1.54) is 5.56 Å². The Morgan fingerprint density at radius 1 is 0.967 bits per heavy atom. The standard InChI is InChI=1S/C26H23NO3/c1-17-25-21(15-27(16-29-25)18(2)19-9-5-3-6-10-19)13-23-22(14-24(28)30-26(17)23)20-11-7-4-8-12-20/h3-14,18H,15-16H2,1-2H3/t18-/m1/s1. The molecular formula is C26H23NO3. The Hall–Kier alpha value is -3.37. The third-order valence-corrected chi connectivity index (χ3v) is 5.95. The normalized spacial score (nSPS) is 14.9. The highest BCUT2D eigenvalue weighted by molar-refractivity contribution is 5.96. The van der Waals surface area contributed by atoms with Gasteiger partial charge in [-0.05, 0) is 36.6 Å². The first-order valence-corrected chi connectivity index (χ1v) is 10.2. The second-order valence-electron chi connectivity index (χ2n) is 7.82. The molecule has 1 aromatic heterocycles. The molecule has 4 aromatic rings. The molecule has 2 heterocycles. The number of hydrogen-bond acceptors (Lipinski definition) is 4. The van der Waals surface area contributed by atoms with Crippen molar-refractivity contribution < 1.29 is 9.15 Å². The first-order chi connectivity index (χ1) is 14.6. The summed E-state index contributed by atoms with van der Waals surface area (Å²) in [7, 11) is 0. The molecule has 0 saturated heterocycles. The minimum atomic E-state index is -0.348. The summed E-state index contributed by atoms with van der Waals surface area (Å²) in [5.41, 5.74) is 5.40. The van der Waals surface area contributed by atoms with Crippen LogP contribution in [0.4, 0.5) is 0 Å². The summed E-state index contributed by atoms with van der Waals surface area (Å²) in [4.78, 5) is 14.6. The van der Waals surface area contributed by atoms with Gasteiger partial charge in [0.1, 0.15) is 18.1 Å². The van der Waals surface area contributed by atoms with Crippen molar-refractivity contribution in [1.29, 1.82) is 0 Å². The molecule has 1 atom stereocenters. The third kappa shape index (κ3) is 3.19. The van der Waals surface area contributed by atoms with Crippen molar-refractivity contribution in [2.24, 2.45) is 0 Å². The first-order valence-electron chi connectivity index (χ1n) is 10.2. The van der Waals surface area contributed by atoms with Gasteiger partial charge >= 0.3 is 5.63 Å². The summed E-state index contributed by atoms with van der Waals surface area (Å²) < 4.78 is 11.8. The van der Waals surface area contributed by atoms with E-state index in [9.17, 15) is 4.79 Å². The number of ether oxygens (including phenoxy) is 1. The average Bonchev–Trinajstić information content (AvgIpc) is 2.79. The number of benzene rings is 3. The predicted molar refractivity (Wildman–Crippen MR) is 119 cm³/mol. The molecule has 3 aromatic carbocycles. The minimum absolute atomic E-state index is 0.234. The van der Waals surface area contributed by atoms with Crippen molar-refractivity contribution in [2.45, 2.75) is 26.4 Å². The van der Waals surface area contributed by atoms with E-state index in [2.05, 4.69) is 42.2 Å². The van der Waals surface area contributed by atoms with Crippen molar-refractivity contribution in [3.63, 3.8) is 0 Å². The van der Waals surface area contributed by atoms with Gasteiger partial charge in [-0.3, -0.25) is 4.90 Å². The molecule has 1 aliphatic heterocycles. The van der Waals surface area contributed by atoms with Crippen LogP contribution in [0.5, 0.6) is 5.75 Å². The average molecular weight is 397 g/mol. The molecule has 0 bridgehead atoms. The predicted octanol–water partition coefficient (Wildman–Crippen LogP) is 5.68. The fourth-order valence-electron chi connectivity index (χ4n) is 4.29. The van der Waals surface area contributed by atoms with Gasteiger partial charge in [0, 0.05) is 35.2 Å². The summed E-state index contributed by atoms with van der Waals surface area (Å²) in [6, 6.07) is 24.4. The fraction of sp³-hybridized carbons (Fsp3) is 0.192. The van der Waals surface area contributed by atoms with Gasteiger partial charge in [0.15, 0.2) is 0 Å². The van der Waals surface area contributed by atoms with Gasteiger partial charge in [-0.25, -0.2) is 4.79 Å². The highest BCUT2D eigenvalue weighted by Crippen LogP contribution is 2.39. The maximum atomic E-state index is 12.3. The maximum absolute atomic E-state index is 12.3. The fourth-order valence-corrected chi connectivity index (χ4v) is 4.29. The summed E-state index contributed by atoms with van der Waals surface area (Å²) >= 11 is 0. The highest BCUT2D eigenvalue weighted by atomic mass is 16.5. The first kappa shape index (κ1) is 18.6. The van der Waals surface area contributed by atoms with Crippen molar-refractivity contribution in [2.75, 3.05) is 6.73 Å². The van der Waals surface area contributed by atoms with Gasteiger partial charge in [-0.2, -0.15) is 0 Å². The van der Waals surface area contributed by atoms with Gasteiger partial charge < -0.3 is 9.15 Å². The molecule has 5 rings (SSSR count). The Morgan fingerprint density at radius 2 is 1.67 bits per heavy atom. The van der Waals surface area contributed by atoms with E-state index in [0.29, 0.717) is 12.3 Å². The lowest BCUT2D eigenvalue weighted by Gasteiger charge is -2.34. The summed E-state index contributed by atoms with van der Waals surface area (Å²) in [6.45, 7) is 5.44. The zero-order valence-corrected chi connectivity index (χ0v) is 17.1. The van der Waals surface area contributed by atoms with Crippen LogP contribution in [0, 0.1) is 6.92 Å². The van der Waals surface area contributed by atoms with Crippen molar-refractivity contribution in [1.82, 2.24) is 4.90 Å². The minimum Gasteiger partial charge on any atom is -0.477 e. The number of hydrogen-bond donors (Lipinski definition) is 0. The van der Waals surface area contributed by atoms with Crippen molar-refractivity contribution >= 4 is 11.0 Å². The molecule has 0 unspecified atom stereocenters. The van der Waals surface area contributed by atoms with Crippen LogP contribution in [0.3, 0.4) is 0 Å². The van der Waals surface area contributed by atoms with Crippen LogP contribution < -0.4 is 10.4 Å². The molecule has 4 heteroatoms. The smallest absolute Gasteiger partial charge is 0.336 e. The third-order valence-electron chi connectivity index (χ3n) is 5.95. The topological polar surface area (TPSA) is 42.7 Å². The molecule has 0 aliphatic carbocycles. The Balaban J connectivity index is 1.62. The van der Waals surface area contributed by atoms with E-state index in [4.69, 9.17) is 9.15 Å². The molecular weight excluding hydrogens is 374 g/mol. The Labute approximate surface area is 175 Å². The number of rotatable bonds is 3. The van der Waals surface area contributed by atoms with E-state index >= 15 is 0 Å². The molecule has 4 nitrogen and oxygen atoms in total. The molecule has 30 heavy (non-hydrogen) atoms. The van der Waals surface area contributed by atoms with Crippen LogP contribution in [-0.4, -0.2) is 11.6 Å². The molecule has 0 N–H and O–H groups in total. The molecule has 0 amide bonds. The summed E-state index contributed by atoms with van der Waals surface area (Å²) in [5.74, 6) is 0.826. The SMILES string of the molecule is Cc1c2c(cc3c(-c4ccccc4)cc(=O)oc13)CN([C@H](C)c1ccccc1)CO2. The lowest BCUT2D eigenvalue weighted by Crippen LogP contribution is -2.34. The van der Waals surface area contributed by atoms with Gasteiger partial charge in [0.2, 0.25) is 0 Å². The molecule has 0 radical (unpaired) electrons. The van der Waals surface area contributed by atoms with Crippen LogP contribution in [0.15, 0.2) is 82.0 Å². The monoisotopic (exact) mass is 397 g/mol. The van der Waals surface area contributed by atoms with E-state index < -0.39 is 0 Å². The van der Waals surface area contributed by atoms with E-state index in [1.54, 1.807) is 6.07 Å². The van der Waals surface area contributed by atoms with Gasteiger partial charge in [-0.15, -0.1) is 0 Å². The van der Waals surface area contributed by atoms with Crippen LogP contribution in [0.1, 0.15) is 29.7 Å². The van der Waals surface area contributed by atoms with Crippen LogP contribution >= 0.6 is 0 Å². The molecule has 150 valence electrons. The quantitative estimate of drug-likeness (QED) is 0.417. The lowest BCUT2D eigenvalue weighted by molar-refractivity contribution is 0.0613.